The number of anilines is 1. The summed E-state index contributed by atoms with van der Waals surface area (Å²) < 4.78 is 13.7. The van der Waals surface area contributed by atoms with E-state index in [-0.39, 0.29) is 23.6 Å². The molecule has 0 spiro atoms. The zero-order chi connectivity index (χ0) is 27.6. The van der Waals surface area contributed by atoms with Gasteiger partial charge in [-0.15, -0.1) is 0 Å². The van der Waals surface area contributed by atoms with E-state index in [1.165, 1.54) is 29.2 Å². The zero-order valence-electron chi connectivity index (χ0n) is 21.5. The molecule has 6 nitrogen and oxygen atoms in total. The standard InChI is InChI=1S/C33H24FN3O3/c1-19-10-12-20(13-11-19)30(38)36-35-18-33-25-8-4-2-6-23(25)27(24-7-3-5-9-26(24)33)28-29(33)32(40)37(31(28)39)22-16-14-21(34)15-17-22/h2-18,27-29H,1H3,(H,36,38)/b35-18+/t27?,28-,29-,33?/m1/s1. The van der Waals surface area contributed by atoms with Crippen molar-refractivity contribution in [2.45, 2.75) is 18.3 Å². The molecule has 1 N–H and O–H groups in total. The molecule has 196 valence electrons. The van der Waals surface area contributed by atoms with Crippen molar-refractivity contribution in [3.05, 3.63) is 136 Å². The van der Waals surface area contributed by atoms with Gasteiger partial charge in [-0.1, -0.05) is 66.2 Å². The molecule has 7 heteroatoms. The van der Waals surface area contributed by atoms with Crippen molar-refractivity contribution in [2.75, 3.05) is 4.90 Å². The third kappa shape index (κ3) is 3.27. The monoisotopic (exact) mass is 529 g/mol. The number of hydrogen-bond donors (Lipinski definition) is 1. The van der Waals surface area contributed by atoms with Crippen LogP contribution in [0.4, 0.5) is 10.1 Å². The molecule has 2 atom stereocenters. The summed E-state index contributed by atoms with van der Waals surface area (Å²) in [4.78, 5) is 42.4. The molecule has 2 bridgehead atoms. The quantitative estimate of drug-likeness (QED) is 0.227. The number of carbonyl (C=O) groups excluding carboxylic acids is 3. The van der Waals surface area contributed by atoms with E-state index < -0.39 is 23.1 Å². The van der Waals surface area contributed by atoms with Crippen molar-refractivity contribution in [1.29, 1.82) is 0 Å². The molecule has 0 saturated carbocycles. The van der Waals surface area contributed by atoms with Gasteiger partial charge in [0.05, 0.1) is 22.9 Å². The lowest BCUT2D eigenvalue weighted by molar-refractivity contribution is -0.122. The van der Waals surface area contributed by atoms with Crippen LogP contribution in [-0.2, 0) is 15.0 Å². The lowest BCUT2D eigenvalue weighted by Crippen LogP contribution is -2.54. The number of hydrazone groups is 1. The predicted molar refractivity (Wildman–Crippen MR) is 149 cm³/mol. The van der Waals surface area contributed by atoms with Crippen LogP contribution in [0, 0.1) is 24.6 Å². The fourth-order valence-electron chi connectivity index (χ4n) is 6.86. The third-order valence-corrected chi connectivity index (χ3v) is 8.52. The van der Waals surface area contributed by atoms with Gasteiger partial charge in [-0.05, 0) is 65.6 Å². The molecule has 1 fully saturated rings. The summed E-state index contributed by atoms with van der Waals surface area (Å²) in [5.74, 6) is -3.31. The van der Waals surface area contributed by atoms with Gasteiger partial charge in [0.2, 0.25) is 11.8 Å². The summed E-state index contributed by atoms with van der Waals surface area (Å²) in [6, 6.07) is 28.2. The topological polar surface area (TPSA) is 78.8 Å². The van der Waals surface area contributed by atoms with Crippen LogP contribution in [0.5, 0.6) is 0 Å². The van der Waals surface area contributed by atoms with E-state index in [1.807, 2.05) is 67.6 Å². The van der Waals surface area contributed by atoms with Gasteiger partial charge in [-0.25, -0.2) is 14.7 Å². The molecular formula is C33H24FN3O3. The summed E-state index contributed by atoms with van der Waals surface area (Å²) in [6.07, 6.45) is 1.63. The first-order chi connectivity index (χ1) is 19.4. The molecule has 0 aromatic heterocycles. The van der Waals surface area contributed by atoms with Crippen LogP contribution in [-0.4, -0.2) is 23.9 Å². The van der Waals surface area contributed by atoms with Crippen molar-refractivity contribution >= 4 is 29.6 Å². The predicted octanol–water partition coefficient (Wildman–Crippen LogP) is 5.10. The van der Waals surface area contributed by atoms with Gasteiger partial charge in [0.1, 0.15) is 5.82 Å². The Bertz CT molecular complexity index is 1680. The molecule has 0 unspecified atom stereocenters. The number of nitrogens with zero attached hydrogens (tertiary/aromatic N) is 2. The summed E-state index contributed by atoms with van der Waals surface area (Å²) in [5.41, 5.74) is 7.05. The molecule has 0 radical (unpaired) electrons. The van der Waals surface area contributed by atoms with Crippen LogP contribution in [0.25, 0.3) is 0 Å². The number of hydrogen-bond acceptors (Lipinski definition) is 4. The highest BCUT2D eigenvalue weighted by atomic mass is 19.1. The molecule has 4 aromatic carbocycles. The smallest absolute Gasteiger partial charge is 0.271 e. The van der Waals surface area contributed by atoms with Gasteiger partial charge in [-0.2, -0.15) is 5.10 Å². The van der Waals surface area contributed by atoms with E-state index >= 15 is 0 Å². The second-order valence-corrected chi connectivity index (χ2v) is 10.6. The maximum Gasteiger partial charge on any atom is 0.271 e. The minimum Gasteiger partial charge on any atom is -0.274 e. The Morgan fingerprint density at radius 3 is 2.08 bits per heavy atom. The Kier molecular flexibility index (Phi) is 5.32. The zero-order valence-corrected chi connectivity index (χ0v) is 21.5. The average molecular weight is 530 g/mol. The Morgan fingerprint density at radius 1 is 0.850 bits per heavy atom. The van der Waals surface area contributed by atoms with Crippen molar-refractivity contribution < 1.29 is 18.8 Å². The number of nitrogens with one attached hydrogen (secondary N) is 1. The highest BCUT2D eigenvalue weighted by molar-refractivity contribution is 6.25. The van der Waals surface area contributed by atoms with Gasteiger partial charge < -0.3 is 0 Å². The Hall–Kier alpha value is -4.91. The maximum atomic E-state index is 14.3. The van der Waals surface area contributed by atoms with Gasteiger partial charge in [-0.3, -0.25) is 14.4 Å². The summed E-state index contributed by atoms with van der Waals surface area (Å²) in [7, 11) is 0. The molecule has 3 amide bonds. The summed E-state index contributed by atoms with van der Waals surface area (Å²) in [6.45, 7) is 1.94. The van der Waals surface area contributed by atoms with E-state index in [2.05, 4.69) is 10.5 Å². The number of halogens is 1. The summed E-state index contributed by atoms with van der Waals surface area (Å²) >= 11 is 0. The van der Waals surface area contributed by atoms with Gasteiger partial charge >= 0.3 is 0 Å². The molecule has 8 rings (SSSR count). The van der Waals surface area contributed by atoms with E-state index in [4.69, 9.17) is 0 Å². The van der Waals surface area contributed by atoms with Crippen LogP contribution < -0.4 is 10.3 Å². The number of rotatable bonds is 4. The minimum absolute atomic E-state index is 0.322. The number of imide groups is 1. The van der Waals surface area contributed by atoms with Crippen LogP contribution >= 0.6 is 0 Å². The number of carbonyl (C=O) groups is 3. The number of aryl methyl sites for hydroxylation is 1. The number of amides is 3. The number of benzene rings is 4. The maximum absolute atomic E-state index is 14.3. The van der Waals surface area contributed by atoms with Crippen LogP contribution in [0.1, 0.15) is 44.1 Å². The molecule has 4 aliphatic rings. The fourth-order valence-corrected chi connectivity index (χ4v) is 6.86. The molecule has 1 heterocycles. The SMILES string of the molecule is Cc1ccc(C(=O)N/N=C/C23c4ccccc4C(c4ccccc42)[C@H]2C(=O)N(c4ccc(F)cc4)C(=O)[C@@H]23)cc1. The second kappa shape index (κ2) is 8.81. The van der Waals surface area contributed by atoms with E-state index in [0.29, 0.717) is 11.3 Å². The molecule has 40 heavy (non-hydrogen) atoms. The molecule has 4 aromatic rings. The fraction of sp³-hybridized carbons (Fsp3) is 0.152. The Morgan fingerprint density at radius 2 is 1.45 bits per heavy atom. The van der Waals surface area contributed by atoms with E-state index in [1.54, 1.807) is 18.3 Å². The first kappa shape index (κ1) is 24.2. The second-order valence-electron chi connectivity index (χ2n) is 10.6. The van der Waals surface area contributed by atoms with E-state index in [9.17, 15) is 18.8 Å². The van der Waals surface area contributed by atoms with Crippen molar-refractivity contribution in [3.8, 4) is 0 Å². The average Bonchev–Trinajstić information content (AvgIpc) is 3.24. The van der Waals surface area contributed by atoms with Crippen LogP contribution in [0.2, 0.25) is 0 Å². The van der Waals surface area contributed by atoms with Gasteiger partial charge in [0, 0.05) is 17.7 Å². The third-order valence-electron chi connectivity index (χ3n) is 8.52. The highest BCUT2D eigenvalue weighted by Crippen LogP contribution is 2.63. The molecule has 1 saturated heterocycles. The molecule has 3 aliphatic carbocycles. The van der Waals surface area contributed by atoms with Crippen molar-refractivity contribution in [2.24, 2.45) is 16.9 Å². The lowest BCUT2D eigenvalue weighted by atomic mass is 9.47. The normalized spacial score (nSPS) is 24.1. The first-order valence-corrected chi connectivity index (χ1v) is 13.2. The molecule has 1 aliphatic heterocycles. The van der Waals surface area contributed by atoms with Crippen LogP contribution in [0.3, 0.4) is 0 Å². The highest BCUT2D eigenvalue weighted by Gasteiger charge is 2.68. The van der Waals surface area contributed by atoms with Crippen molar-refractivity contribution in [1.82, 2.24) is 5.43 Å². The van der Waals surface area contributed by atoms with Crippen molar-refractivity contribution in [3.63, 3.8) is 0 Å². The van der Waals surface area contributed by atoms with Gasteiger partial charge in [0.25, 0.3) is 5.91 Å². The van der Waals surface area contributed by atoms with Crippen LogP contribution in [0.15, 0.2) is 102 Å². The minimum atomic E-state index is -1.10. The van der Waals surface area contributed by atoms with Gasteiger partial charge in [0.15, 0.2) is 0 Å². The van der Waals surface area contributed by atoms with E-state index in [0.717, 1.165) is 27.8 Å². The lowest BCUT2D eigenvalue weighted by Gasteiger charge is -2.52. The Labute approximate surface area is 230 Å². The summed E-state index contributed by atoms with van der Waals surface area (Å²) in [5, 5.41) is 4.43. The molecular weight excluding hydrogens is 505 g/mol. The largest absolute Gasteiger partial charge is 0.274 e. The first-order valence-electron chi connectivity index (χ1n) is 13.2. The Balaban J connectivity index is 1.39.